The van der Waals surface area contributed by atoms with Crippen molar-refractivity contribution in [3.05, 3.63) is 24.3 Å². The summed E-state index contributed by atoms with van der Waals surface area (Å²) in [4.78, 5) is 8.47. The van der Waals surface area contributed by atoms with Crippen LogP contribution in [0.2, 0.25) is 0 Å². The summed E-state index contributed by atoms with van der Waals surface area (Å²) in [5.41, 5.74) is 0. The van der Waals surface area contributed by atoms with Crippen LogP contribution in [0.3, 0.4) is 0 Å². The third kappa shape index (κ3) is 3.41. The molecule has 2 heterocycles. The highest BCUT2D eigenvalue weighted by Gasteiger charge is 2.02. The molecule has 0 aliphatic carbocycles. The highest BCUT2D eigenvalue weighted by atomic mass is 16.5. The van der Waals surface area contributed by atoms with Gasteiger partial charge in [-0.05, 0) is 13.8 Å². The van der Waals surface area contributed by atoms with Crippen molar-refractivity contribution in [2.24, 2.45) is 0 Å². The molecule has 0 atom stereocenters. The molecule has 7 nitrogen and oxygen atoms in total. The Morgan fingerprint density at radius 3 is 3.00 bits per heavy atom. The third-order valence-electron chi connectivity index (χ3n) is 2.23. The Labute approximate surface area is 105 Å². The van der Waals surface area contributed by atoms with Crippen LogP contribution in [-0.2, 0) is 6.54 Å². The summed E-state index contributed by atoms with van der Waals surface area (Å²) in [5, 5.41) is 10.8. The van der Waals surface area contributed by atoms with E-state index in [1.807, 2.05) is 20.0 Å². The maximum Gasteiger partial charge on any atom is 0.218 e. The second-order valence-corrected chi connectivity index (χ2v) is 3.66. The Kier molecular flexibility index (Phi) is 4.06. The lowest BCUT2D eigenvalue weighted by Gasteiger charge is -2.08. The van der Waals surface area contributed by atoms with Crippen molar-refractivity contribution in [1.82, 2.24) is 25.0 Å². The van der Waals surface area contributed by atoms with Gasteiger partial charge in [0.1, 0.15) is 11.6 Å². The summed E-state index contributed by atoms with van der Waals surface area (Å²) in [6.07, 6.45) is 3.47. The van der Waals surface area contributed by atoms with Gasteiger partial charge in [-0.3, -0.25) is 4.68 Å². The minimum atomic E-state index is 0.591. The number of aryl methyl sites for hydroxylation is 1. The van der Waals surface area contributed by atoms with Crippen LogP contribution in [0.25, 0.3) is 0 Å². The molecule has 0 bridgehead atoms. The number of hydrogen-bond donors (Lipinski definition) is 1. The minimum Gasteiger partial charge on any atom is -0.478 e. The van der Waals surface area contributed by atoms with Gasteiger partial charge in [0.25, 0.3) is 0 Å². The predicted molar refractivity (Wildman–Crippen MR) is 66.4 cm³/mol. The Bertz CT molecular complexity index is 484. The molecule has 18 heavy (non-hydrogen) atoms. The average molecular weight is 248 g/mol. The van der Waals surface area contributed by atoms with Crippen LogP contribution in [0.1, 0.15) is 12.7 Å². The first-order chi connectivity index (χ1) is 8.78. The van der Waals surface area contributed by atoms with E-state index in [0.29, 0.717) is 24.9 Å². The second kappa shape index (κ2) is 5.95. The number of ether oxygens (including phenoxy) is 1. The van der Waals surface area contributed by atoms with Crippen LogP contribution in [0, 0.1) is 6.92 Å². The van der Waals surface area contributed by atoms with Crippen molar-refractivity contribution in [2.75, 3.05) is 18.5 Å². The van der Waals surface area contributed by atoms with Crippen molar-refractivity contribution < 1.29 is 4.74 Å². The first kappa shape index (κ1) is 12.3. The summed E-state index contributed by atoms with van der Waals surface area (Å²) < 4.78 is 7.12. The van der Waals surface area contributed by atoms with Crippen LogP contribution in [0.5, 0.6) is 5.88 Å². The van der Waals surface area contributed by atoms with E-state index in [9.17, 15) is 0 Å². The molecule has 0 unspecified atom stereocenters. The first-order valence-corrected chi connectivity index (χ1v) is 5.84. The van der Waals surface area contributed by atoms with E-state index in [2.05, 4.69) is 25.6 Å². The lowest BCUT2D eigenvalue weighted by atomic mass is 10.5. The minimum absolute atomic E-state index is 0.591. The smallest absolute Gasteiger partial charge is 0.218 e. The fraction of sp³-hybridized carbons (Fsp3) is 0.455. The molecule has 0 aromatic carbocycles. The molecule has 0 saturated carbocycles. The molecule has 0 radical (unpaired) electrons. The van der Waals surface area contributed by atoms with Gasteiger partial charge in [0.15, 0.2) is 0 Å². The average Bonchev–Trinajstić information content (AvgIpc) is 2.82. The van der Waals surface area contributed by atoms with E-state index in [-0.39, 0.29) is 0 Å². The van der Waals surface area contributed by atoms with E-state index in [4.69, 9.17) is 4.74 Å². The zero-order valence-corrected chi connectivity index (χ0v) is 10.5. The van der Waals surface area contributed by atoms with Crippen LogP contribution in [0.15, 0.2) is 18.5 Å². The molecule has 1 N–H and O–H groups in total. The topological polar surface area (TPSA) is 77.8 Å². The van der Waals surface area contributed by atoms with Gasteiger partial charge >= 0.3 is 0 Å². The molecule has 2 rings (SSSR count). The van der Waals surface area contributed by atoms with E-state index in [0.717, 1.165) is 12.4 Å². The van der Waals surface area contributed by atoms with Gasteiger partial charge in [-0.2, -0.15) is 4.98 Å². The summed E-state index contributed by atoms with van der Waals surface area (Å²) in [6, 6.07) is 1.79. The van der Waals surface area contributed by atoms with Crippen molar-refractivity contribution in [3.63, 3.8) is 0 Å². The Hall–Kier alpha value is -2.18. The van der Waals surface area contributed by atoms with Gasteiger partial charge in [-0.15, -0.1) is 5.10 Å². The van der Waals surface area contributed by atoms with E-state index in [1.54, 1.807) is 16.9 Å². The Balaban J connectivity index is 1.92. The number of nitrogens with zero attached hydrogens (tertiary/aromatic N) is 5. The quantitative estimate of drug-likeness (QED) is 0.818. The normalized spacial score (nSPS) is 10.3. The summed E-state index contributed by atoms with van der Waals surface area (Å²) in [5.74, 6) is 2.03. The molecular formula is C11H16N6O. The number of aromatic nitrogens is 5. The summed E-state index contributed by atoms with van der Waals surface area (Å²) >= 11 is 0. The highest BCUT2D eigenvalue weighted by molar-refractivity contribution is 5.38. The van der Waals surface area contributed by atoms with Gasteiger partial charge in [0, 0.05) is 18.8 Å². The number of hydrogen-bond acceptors (Lipinski definition) is 6. The maximum atomic E-state index is 5.36. The molecule has 7 heteroatoms. The first-order valence-electron chi connectivity index (χ1n) is 5.84. The molecule has 0 saturated heterocycles. The molecular weight excluding hydrogens is 232 g/mol. The number of anilines is 1. The van der Waals surface area contributed by atoms with Gasteiger partial charge in [0.2, 0.25) is 5.88 Å². The molecule has 2 aromatic heterocycles. The maximum absolute atomic E-state index is 5.36. The van der Waals surface area contributed by atoms with Crippen molar-refractivity contribution in [3.8, 4) is 5.88 Å². The van der Waals surface area contributed by atoms with E-state index in [1.165, 1.54) is 0 Å². The van der Waals surface area contributed by atoms with Crippen LogP contribution in [0.4, 0.5) is 5.82 Å². The van der Waals surface area contributed by atoms with Crippen LogP contribution in [-0.4, -0.2) is 38.1 Å². The lowest BCUT2D eigenvalue weighted by molar-refractivity contribution is 0.325. The van der Waals surface area contributed by atoms with E-state index < -0.39 is 0 Å². The van der Waals surface area contributed by atoms with Gasteiger partial charge < -0.3 is 10.1 Å². The standard InChI is InChI=1S/C11H16N6O/c1-3-18-11-8-10(14-9(2)15-11)12-4-6-17-7-5-13-16-17/h5,7-8H,3-4,6H2,1-2H3,(H,12,14,15). The summed E-state index contributed by atoms with van der Waals surface area (Å²) in [6.45, 7) is 5.80. The molecule has 0 amide bonds. The molecule has 0 aliphatic rings. The van der Waals surface area contributed by atoms with Crippen molar-refractivity contribution >= 4 is 5.82 Å². The van der Waals surface area contributed by atoms with Crippen LogP contribution < -0.4 is 10.1 Å². The van der Waals surface area contributed by atoms with E-state index >= 15 is 0 Å². The van der Waals surface area contributed by atoms with Crippen molar-refractivity contribution in [1.29, 1.82) is 0 Å². The largest absolute Gasteiger partial charge is 0.478 e. The molecule has 0 spiro atoms. The number of nitrogens with one attached hydrogen (secondary N) is 1. The Morgan fingerprint density at radius 1 is 1.39 bits per heavy atom. The van der Waals surface area contributed by atoms with Gasteiger partial charge in [-0.1, -0.05) is 5.21 Å². The van der Waals surface area contributed by atoms with Crippen LogP contribution >= 0.6 is 0 Å². The zero-order chi connectivity index (χ0) is 12.8. The summed E-state index contributed by atoms with van der Waals surface area (Å²) in [7, 11) is 0. The third-order valence-corrected chi connectivity index (χ3v) is 2.23. The van der Waals surface area contributed by atoms with Gasteiger partial charge in [-0.25, -0.2) is 4.98 Å². The highest BCUT2D eigenvalue weighted by Crippen LogP contribution is 2.12. The van der Waals surface area contributed by atoms with Crippen molar-refractivity contribution in [2.45, 2.75) is 20.4 Å². The predicted octanol–water partition coefficient (Wildman–Crippen LogP) is 0.887. The zero-order valence-electron chi connectivity index (χ0n) is 10.5. The molecule has 2 aromatic rings. The molecule has 0 aliphatic heterocycles. The Morgan fingerprint density at radius 2 is 2.28 bits per heavy atom. The number of rotatable bonds is 6. The fourth-order valence-corrected chi connectivity index (χ4v) is 1.50. The SMILES string of the molecule is CCOc1cc(NCCn2ccnn2)nc(C)n1. The lowest BCUT2D eigenvalue weighted by Crippen LogP contribution is -2.12. The fourth-order valence-electron chi connectivity index (χ4n) is 1.50. The molecule has 0 fully saturated rings. The monoisotopic (exact) mass is 248 g/mol. The second-order valence-electron chi connectivity index (χ2n) is 3.66. The molecule has 96 valence electrons. The van der Waals surface area contributed by atoms with Gasteiger partial charge in [0.05, 0.1) is 19.3 Å².